The van der Waals surface area contributed by atoms with E-state index >= 15 is 0 Å². The minimum atomic E-state index is -4.68. The zero-order chi connectivity index (χ0) is 21.4. The van der Waals surface area contributed by atoms with Crippen LogP contribution in [0.3, 0.4) is 0 Å². The van der Waals surface area contributed by atoms with Crippen LogP contribution in [-0.4, -0.2) is 38.2 Å². The number of rotatable bonds is 10. The molecule has 0 bridgehead atoms. The molecule has 0 fully saturated rings. The SMILES string of the molecule is COc1cc(OC)c(C=CSCc2ccc(OC)c(OP(=O)(O)O)c2)c(OC)c1. The summed E-state index contributed by atoms with van der Waals surface area (Å²) in [6.45, 7) is 0. The van der Waals surface area contributed by atoms with Crippen LogP contribution in [0.25, 0.3) is 6.08 Å². The van der Waals surface area contributed by atoms with Crippen molar-refractivity contribution in [3.63, 3.8) is 0 Å². The Balaban J connectivity index is 2.15. The van der Waals surface area contributed by atoms with Gasteiger partial charge in [-0.25, -0.2) is 4.57 Å². The highest BCUT2D eigenvalue weighted by molar-refractivity contribution is 8.01. The second-order valence-corrected chi connectivity index (χ2v) is 7.68. The molecule has 2 N–H and O–H groups in total. The quantitative estimate of drug-likeness (QED) is 0.526. The molecule has 0 aliphatic rings. The number of benzene rings is 2. The van der Waals surface area contributed by atoms with Gasteiger partial charge in [-0.2, -0.15) is 0 Å². The van der Waals surface area contributed by atoms with E-state index in [0.29, 0.717) is 23.0 Å². The summed E-state index contributed by atoms with van der Waals surface area (Å²) in [5.74, 6) is 2.62. The van der Waals surface area contributed by atoms with E-state index in [9.17, 15) is 4.57 Å². The molecular formula is C19H23O8PS. The molecule has 0 unspecified atom stereocenters. The molecule has 0 atom stereocenters. The topological polar surface area (TPSA) is 104 Å². The van der Waals surface area contributed by atoms with Crippen molar-refractivity contribution in [3.05, 3.63) is 46.9 Å². The lowest BCUT2D eigenvalue weighted by Gasteiger charge is -2.13. The number of thioether (sulfide) groups is 1. The average molecular weight is 442 g/mol. The molecule has 10 heteroatoms. The highest BCUT2D eigenvalue weighted by atomic mass is 32.2. The van der Waals surface area contributed by atoms with E-state index in [1.807, 2.05) is 11.5 Å². The van der Waals surface area contributed by atoms with Crippen molar-refractivity contribution in [2.75, 3.05) is 28.4 Å². The molecule has 2 aromatic rings. The van der Waals surface area contributed by atoms with Gasteiger partial charge in [0.05, 0.1) is 34.0 Å². The Morgan fingerprint density at radius 2 is 1.52 bits per heavy atom. The van der Waals surface area contributed by atoms with Gasteiger partial charge in [-0.3, -0.25) is 9.79 Å². The minimum absolute atomic E-state index is 0.0126. The van der Waals surface area contributed by atoms with Crippen molar-refractivity contribution in [3.8, 4) is 28.7 Å². The molecule has 2 rings (SSSR count). The third-order valence-electron chi connectivity index (χ3n) is 3.78. The van der Waals surface area contributed by atoms with Gasteiger partial charge < -0.3 is 23.5 Å². The normalized spacial score (nSPS) is 11.4. The van der Waals surface area contributed by atoms with Crippen LogP contribution in [0, 0.1) is 0 Å². The number of hydrogen-bond acceptors (Lipinski definition) is 7. The zero-order valence-corrected chi connectivity index (χ0v) is 18.2. The molecule has 8 nitrogen and oxygen atoms in total. The fourth-order valence-electron chi connectivity index (χ4n) is 2.47. The molecule has 0 saturated carbocycles. The van der Waals surface area contributed by atoms with Crippen LogP contribution in [0.4, 0.5) is 0 Å². The van der Waals surface area contributed by atoms with Gasteiger partial charge in [0.15, 0.2) is 11.5 Å². The maximum atomic E-state index is 11.1. The predicted octanol–water partition coefficient (Wildman–Crippen LogP) is 4.10. The fraction of sp³-hybridized carbons (Fsp3) is 0.263. The highest BCUT2D eigenvalue weighted by Gasteiger charge is 2.19. The molecule has 0 spiro atoms. The fourth-order valence-corrected chi connectivity index (χ4v) is 3.57. The number of methoxy groups -OCH3 is 4. The minimum Gasteiger partial charge on any atom is -0.496 e. The van der Waals surface area contributed by atoms with E-state index in [2.05, 4.69) is 0 Å². The molecule has 2 aromatic carbocycles. The van der Waals surface area contributed by atoms with Crippen LogP contribution in [0.1, 0.15) is 11.1 Å². The summed E-state index contributed by atoms with van der Waals surface area (Å²) in [5, 5.41) is 1.88. The first-order valence-corrected chi connectivity index (χ1v) is 10.9. The van der Waals surface area contributed by atoms with Crippen LogP contribution < -0.4 is 23.5 Å². The Morgan fingerprint density at radius 1 is 0.897 bits per heavy atom. The maximum Gasteiger partial charge on any atom is 0.524 e. The number of phosphoric ester groups is 1. The van der Waals surface area contributed by atoms with Gasteiger partial charge in [0.1, 0.15) is 17.2 Å². The van der Waals surface area contributed by atoms with Gasteiger partial charge in [-0.15, -0.1) is 11.8 Å². The summed E-state index contributed by atoms with van der Waals surface area (Å²) in [7, 11) is 1.42. The standard InChI is InChI=1S/C19H23O8PS/c1-23-14-10-17(25-3)15(18(11-14)26-4)7-8-29-12-13-5-6-16(24-2)19(9-13)27-28(20,21)22/h5-11H,12H2,1-4H3,(H2,20,21,22). The Kier molecular flexibility index (Phi) is 8.28. The van der Waals surface area contributed by atoms with Crippen molar-refractivity contribution in [2.24, 2.45) is 0 Å². The monoisotopic (exact) mass is 442 g/mol. The average Bonchev–Trinajstić information content (AvgIpc) is 2.69. The largest absolute Gasteiger partial charge is 0.524 e. The zero-order valence-electron chi connectivity index (χ0n) is 16.4. The number of ether oxygens (including phenoxy) is 4. The van der Waals surface area contributed by atoms with Crippen LogP contribution in [-0.2, 0) is 10.3 Å². The van der Waals surface area contributed by atoms with Gasteiger partial charge >= 0.3 is 7.82 Å². The molecule has 0 saturated heterocycles. The predicted molar refractivity (Wildman–Crippen MR) is 112 cm³/mol. The molecule has 0 aromatic heterocycles. The Bertz CT molecular complexity index is 884. The van der Waals surface area contributed by atoms with Gasteiger partial charge in [-0.05, 0) is 29.2 Å². The third kappa shape index (κ3) is 6.61. The van der Waals surface area contributed by atoms with Crippen LogP contribution in [0.2, 0.25) is 0 Å². The third-order valence-corrected chi connectivity index (χ3v) is 5.04. The summed E-state index contributed by atoms with van der Waals surface area (Å²) in [6, 6.07) is 8.46. The molecule has 0 radical (unpaired) electrons. The summed E-state index contributed by atoms with van der Waals surface area (Å²) in [5.41, 5.74) is 1.57. The van der Waals surface area contributed by atoms with E-state index in [-0.39, 0.29) is 11.5 Å². The summed E-state index contributed by atoms with van der Waals surface area (Å²) in [4.78, 5) is 18.1. The van der Waals surface area contributed by atoms with Crippen molar-refractivity contribution in [1.82, 2.24) is 0 Å². The van der Waals surface area contributed by atoms with Crippen LogP contribution in [0.5, 0.6) is 28.7 Å². The number of phosphoric acid groups is 1. The second-order valence-electron chi connectivity index (χ2n) is 5.63. The van der Waals surface area contributed by atoms with Gasteiger partial charge in [0, 0.05) is 17.9 Å². The lowest BCUT2D eigenvalue weighted by molar-refractivity contribution is 0.276. The molecule has 0 aliphatic carbocycles. The van der Waals surface area contributed by atoms with Crippen molar-refractivity contribution in [1.29, 1.82) is 0 Å². The van der Waals surface area contributed by atoms with Crippen molar-refractivity contribution in [2.45, 2.75) is 5.75 Å². The Hall–Kier alpha value is -2.32. The van der Waals surface area contributed by atoms with Crippen molar-refractivity contribution >= 4 is 25.7 Å². The molecule has 158 valence electrons. The van der Waals surface area contributed by atoms with E-state index in [1.165, 1.54) is 24.9 Å². The summed E-state index contributed by atoms with van der Waals surface area (Å²) >= 11 is 1.48. The van der Waals surface area contributed by atoms with Gasteiger partial charge in [0.2, 0.25) is 0 Å². The lowest BCUT2D eigenvalue weighted by atomic mass is 10.1. The Labute approximate surface area is 173 Å². The van der Waals surface area contributed by atoms with Crippen molar-refractivity contribution < 1.29 is 37.8 Å². The molecule has 29 heavy (non-hydrogen) atoms. The van der Waals surface area contributed by atoms with E-state index in [0.717, 1.165) is 11.1 Å². The lowest BCUT2D eigenvalue weighted by Crippen LogP contribution is -1.95. The number of hydrogen-bond donors (Lipinski definition) is 2. The first kappa shape index (κ1) is 23.0. The first-order chi connectivity index (χ1) is 13.8. The highest BCUT2D eigenvalue weighted by Crippen LogP contribution is 2.42. The van der Waals surface area contributed by atoms with E-state index < -0.39 is 7.82 Å². The van der Waals surface area contributed by atoms with Gasteiger partial charge in [0.25, 0.3) is 0 Å². The molecule has 0 aliphatic heterocycles. The molecular weight excluding hydrogens is 419 g/mol. The van der Waals surface area contributed by atoms with Gasteiger partial charge in [-0.1, -0.05) is 6.07 Å². The van der Waals surface area contributed by atoms with E-state index in [1.54, 1.807) is 45.6 Å². The van der Waals surface area contributed by atoms with E-state index in [4.69, 9.17) is 33.3 Å². The second kappa shape index (κ2) is 10.5. The summed E-state index contributed by atoms with van der Waals surface area (Å²) in [6.07, 6.45) is 1.86. The first-order valence-electron chi connectivity index (χ1n) is 8.31. The van der Waals surface area contributed by atoms with Crippen LogP contribution >= 0.6 is 19.6 Å². The Morgan fingerprint density at radius 3 is 2.03 bits per heavy atom. The molecule has 0 amide bonds. The smallest absolute Gasteiger partial charge is 0.496 e. The maximum absolute atomic E-state index is 11.1. The van der Waals surface area contributed by atoms with Crippen LogP contribution in [0.15, 0.2) is 35.7 Å². The molecule has 0 heterocycles. The summed E-state index contributed by atoms with van der Waals surface area (Å²) < 4.78 is 36.9.